The van der Waals surface area contributed by atoms with Gasteiger partial charge in [0, 0.05) is 18.0 Å². The molecule has 0 aliphatic carbocycles. The van der Waals surface area contributed by atoms with E-state index in [9.17, 15) is 23.1 Å². The van der Waals surface area contributed by atoms with E-state index in [0.717, 1.165) is 12.1 Å². The van der Waals surface area contributed by atoms with Crippen LogP contribution >= 0.6 is 0 Å². The van der Waals surface area contributed by atoms with Crippen molar-refractivity contribution in [1.29, 1.82) is 0 Å². The molecule has 0 saturated carbocycles. The molecule has 208 valence electrons. The van der Waals surface area contributed by atoms with Crippen LogP contribution in [-0.4, -0.2) is 62.7 Å². The van der Waals surface area contributed by atoms with Crippen LogP contribution in [0, 0.1) is 0 Å². The predicted molar refractivity (Wildman–Crippen MR) is 138 cm³/mol. The molecule has 40 heavy (non-hydrogen) atoms. The molecule has 3 atom stereocenters. The molecule has 0 bridgehead atoms. The molecule has 2 aliphatic rings. The third-order valence-electron chi connectivity index (χ3n) is 7.52. The molecule has 2 aromatic carbocycles. The Labute approximate surface area is 227 Å². The minimum Gasteiger partial charge on any atom is -0.382 e. The Morgan fingerprint density at radius 1 is 1.07 bits per heavy atom. The Balaban J connectivity index is 1.35. The minimum absolute atomic E-state index is 0.0320. The van der Waals surface area contributed by atoms with Gasteiger partial charge >= 0.3 is 6.18 Å². The number of halogens is 3. The number of anilines is 1. The zero-order chi connectivity index (χ0) is 28.2. The van der Waals surface area contributed by atoms with Crippen LogP contribution in [0.25, 0.3) is 16.8 Å². The van der Waals surface area contributed by atoms with E-state index < -0.39 is 23.4 Å². The smallest absolute Gasteiger partial charge is 0.382 e. The van der Waals surface area contributed by atoms with Crippen molar-refractivity contribution in [2.45, 2.75) is 30.8 Å². The Morgan fingerprint density at radius 2 is 1.82 bits per heavy atom. The summed E-state index contributed by atoms with van der Waals surface area (Å²) < 4.78 is 53.0. The van der Waals surface area contributed by atoms with Gasteiger partial charge < -0.3 is 25.2 Å². The number of nitrogens with two attached hydrogens (primary N) is 1. The van der Waals surface area contributed by atoms with Gasteiger partial charge in [0.15, 0.2) is 0 Å². The summed E-state index contributed by atoms with van der Waals surface area (Å²) in [7, 11) is 0. The van der Waals surface area contributed by atoms with Gasteiger partial charge in [-0.2, -0.15) is 13.2 Å². The maximum atomic E-state index is 13.3. The Kier molecular flexibility index (Phi) is 6.28. The quantitative estimate of drug-likeness (QED) is 0.397. The lowest BCUT2D eigenvalue weighted by atomic mass is 9.87. The van der Waals surface area contributed by atoms with Crippen LogP contribution in [-0.2, 0) is 26.0 Å². The van der Waals surface area contributed by atoms with Crippen molar-refractivity contribution in [1.82, 2.24) is 19.3 Å². The van der Waals surface area contributed by atoms with E-state index in [-0.39, 0.29) is 29.9 Å². The highest BCUT2D eigenvalue weighted by Gasteiger charge is 2.38. The first kappa shape index (κ1) is 26.2. The fourth-order valence-corrected chi connectivity index (χ4v) is 5.30. The Hall–Kier alpha value is -4.00. The third kappa shape index (κ3) is 4.47. The Morgan fingerprint density at radius 3 is 2.58 bits per heavy atom. The summed E-state index contributed by atoms with van der Waals surface area (Å²) in [6.07, 6.45) is -1.76. The number of aliphatic hydroxyl groups is 1. The van der Waals surface area contributed by atoms with Crippen LogP contribution in [0.1, 0.15) is 35.5 Å². The lowest BCUT2D eigenvalue weighted by molar-refractivity contribution is -0.166. The summed E-state index contributed by atoms with van der Waals surface area (Å²) in [4.78, 5) is 23.3. The van der Waals surface area contributed by atoms with E-state index >= 15 is 0 Å². The lowest BCUT2D eigenvalue weighted by Crippen LogP contribution is -2.56. The number of nitrogens with zero attached hydrogens (tertiary/aromatic N) is 4. The number of nitrogen functional groups attached to an aromatic ring is 1. The third-order valence-corrected chi connectivity index (χ3v) is 7.52. The summed E-state index contributed by atoms with van der Waals surface area (Å²) in [5.74, 6) is 0.694. The first-order valence-electron chi connectivity index (χ1n) is 12.7. The standard InChI is InChI=1S/C28H26F3N5O4/c1-27(38,18-3-2-4-19(11-18)28(29,30)31)17-7-5-16(6-8-17)23-24-25(32)33-9-10-35(24)26(34-23)21-12-36-20(14-40-21)13-39-15-22(36)37/h2-11,20-21,38H,12-15H2,1H3,(H2,32,33)/t20-,21-,27?/m1/s1. The number of carbonyl (C=O) groups excluding carboxylic acids is 1. The van der Waals surface area contributed by atoms with Gasteiger partial charge in [-0.3, -0.25) is 9.20 Å². The normalized spacial score (nSPS) is 21.3. The summed E-state index contributed by atoms with van der Waals surface area (Å²) in [6.45, 7) is 2.51. The number of aromatic nitrogens is 3. The second-order valence-corrected chi connectivity index (χ2v) is 10.1. The van der Waals surface area contributed by atoms with E-state index in [0.29, 0.717) is 47.9 Å². The van der Waals surface area contributed by atoms with E-state index in [4.69, 9.17) is 20.2 Å². The largest absolute Gasteiger partial charge is 0.416 e. The van der Waals surface area contributed by atoms with Crippen LogP contribution in [0.5, 0.6) is 0 Å². The molecule has 0 spiro atoms. The molecule has 2 aromatic heterocycles. The van der Waals surface area contributed by atoms with Gasteiger partial charge in [0.1, 0.15) is 41.2 Å². The molecule has 2 aliphatic heterocycles. The first-order chi connectivity index (χ1) is 19.0. The second kappa shape index (κ2) is 9.58. The van der Waals surface area contributed by atoms with Crippen molar-refractivity contribution in [2.75, 3.05) is 32.1 Å². The van der Waals surface area contributed by atoms with Crippen LogP contribution in [0.2, 0.25) is 0 Å². The molecule has 2 saturated heterocycles. The summed E-state index contributed by atoms with van der Waals surface area (Å²) in [6, 6.07) is 11.2. The second-order valence-electron chi connectivity index (χ2n) is 10.1. The molecular formula is C28H26F3N5O4. The summed E-state index contributed by atoms with van der Waals surface area (Å²) in [5.41, 5.74) is 5.99. The zero-order valence-electron chi connectivity index (χ0n) is 21.4. The van der Waals surface area contributed by atoms with Gasteiger partial charge in [0.2, 0.25) is 5.91 Å². The number of rotatable bonds is 4. The molecule has 3 N–H and O–H groups in total. The van der Waals surface area contributed by atoms with E-state index in [1.165, 1.54) is 19.1 Å². The number of ether oxygens (including phenoxy) is 2. The minimum atomic E-state index is -4.53. The fraction of sp³-hybridized carbons (Fsp3) is 0.321. The SMILES string of the molecule is CC(O)(c1ccc(-c2nc([C@H]3CN4C(=O)COC[C@@H]4CO3)n3ccnc(N)c23)cc1)c1cccc(C(F)(F)F)c1. The number of alkyl halides is 3. The van der Waals surface area contributed by atoms with Crippen molar-refractivity contribution in [3.05, 3.63) is 83.4 Å². The number of morpholine rings is 2. The highest BCUT2D eigenvalue weighted by atomic mass is 19.4. The highest BCUT2D eigenvalue weighted by molar-refractivity contribution is 5.85. The average molecular weight is 554 g/mol. The molecule has 1 amide bonds. The van der Waals surface area contributed by atoms with Crippen LogP contribution < -0.4 is 5.73 Å². The molecule has 12 heteroatoms. The van der Waals surface area contributed by atoms with Crippen molar-refractivity contribution >= 4 is 17.2 Å². The van der Waals surface area contributed by atoms with Crippen molar-refractivity contribution in [3.63, 3.8) is 0 Å². The highest BCUT2D eigenvalue weighted by Crippen LogP contribution is 2.37. The van der Waals surface area contributed by atoms with E-state index in [1.807, 2.05) is 0 Å². The molecular weight excluding hydrogens is 527 g/mol. The van der Waals surface area contributed by atoms with Crippen LogP contribution in [0.3, 0.4) is 0 Å². The number of imidazole rings is 1. The molecule has 6 rings (SSSR count). The van der Waals surface area contributed by atoms with Crippen molar-refractivity contribution in [3.8, 4) is 11.3 Å². The summed E-state index contributed by atoms with van der Waals surface area (Å²) >= 11 is 0. The van der Waals surface area contributed by atoms with Gasteiger partial charge in [0.25, 0.3) is 0 Å². The number of carbonyl (C=O) groups is 1. The van der Waals surface area contributed by atoms with Crippen LogP contribution in [0.4, 0.5) is 19.0 Å². The fourth-order valence-electron chi connectivity index (χ4n) is 5.30. The number of amides is 1. The van der Waals surface area contributed by atoms with Crippen molar-refractivity contribution in [2.24, 2.45) is 0 Å². The van der Waals surface area contributed by atoms with Gasteiger partial charge in [-0.05, 0) is 30.2 Å². The van der Waals surface area contributed by atoms with Gasteiger partial charge in [0.05, 0.1) is 31.4 Å². The molecule has 4 heterocycles. The maximum Gasteiger partial charge on any atom is 0.416 e. The van der Waals surface area contributed by atoms with Gasteiger partial charge in [-0.1, -0.05) is 36.4 Å². The Bertz CT molecular complexity index is 1590. The van der Waals surface area contributed by atoms with E-state index in [1.54, 1.807) is 46.0 Å². The predicted octanol–water partition coefficient (Wildman–Crippen LogP) is 3.55. The van der Waals surface area contributed by atoms with Gasteiger partial charge in [-0.25, -0.2) is 9.97 Å². The number of fused-ring (bicyclic) bond motifs is 2. The molecule has 0 radical (unpaired) electrons. The number of hydrogen-bond donors (Lipinski definition) is 2. The van der Waals surface area contributed by atoms with Gasteiger partial charge in [-0.15, -0.1) is 0 Å². The zero-order valence-corrected chi connectivity index (χ0v) is 21.4. The lowest BCUT2D eigenvalue weighted by Gasteiger charge is -2.41. The monoisotopic (exact) mass is 553 g/mol. The molecule has 1 unspecified atom stereocenters. The van der Waals surface area contributed by atoms with Crippen LogP contribution in [0.15, 0.2) is 60.9 Å². The molecule has 9 nitrogen and oxygen atoms in total. The average Bonchev–Trinajstić information content (AvgIpc) is 3.34. The molecule has 2 fully saturated rings. The maximum absolute atomic E-state index is 13.3. The van der Waals surface area contributed by atoms with Crippen molar-refractivity contribution < 1.29 is 32.5 Å². The number of benzene rings is 2. The topological polar surface area (TPSA) is 115 Å². The molecule has 4 aromatic rings. The van der Waals surface area contributed by atoms with E-state index in [2.05, 4.69) is 4.98 Å². The first-order valence-corrected chi connectivity index (χ1v) is 12.7. The number of hydrogen-bond acceptors (Lipinski definition) is 7. The summed E-state index contributed by atoms with van der Waals surface area (Å²) in [5, 5.41) is 11.2.